The van der Waals surface area contributed by atoms with Crippen LogP contribution < -0.4 is 15.2 Å². The summed E-state index contributed by atoms with van der Waals surface area (Å²) in [5.41, 5.74) is 9.35. The lowest BCUT2D eigenvalue weighted by Crippen LogP contribution is -2.34. The molecular weight excluding hydrogens is 374 g/mol. The molecule has 1 aromatic heterocycles. The number of aromatic nitrogens is 2. The molecule has 0 bridgehead atoms. The Balaban J connectivity index is 1.44. The van der Waals surface area contributed by atoms with E-state index >= 15 is 0 Å². The minimum absolute atomic E-state index is 0.884. The molecule has 1 aliphatic rings. The van der Waals surface area contributed by atoms with Gasteiger partial charge in [-0.3, -0.25) is 4.90 Å². The highest BCUT2D eigenvalue weighted by Crippen LogP contribution is 2.21. The first kappa shape index (κ1) is 21.9. The molecule has 1 aromatic carbocycles. The number of nitrogens with two attached hydrogens (primary N) is 1. The summed E-state index contributed by atoms with van der Waals surface area (Å²) >= 11 is 0. The second-order valence-corrected chi connectivity index (χ2v) is 15.4. The van der Waals surface area contributed by atoms with Crippen molar-refractivity contribution in [2.45, 2.75) is 58.5 Å². The predicted molar refractivity (Wildman–Crippen MR) is 126 cm³/mol. The summed E-state index contributed by atoms with van der Waals surface area (Å²) in [5, 5.41) is 0. The normalized spacial score (nSPS) is 16.2. The summed E-state index contributed by atoms with van der Waals surface area (Å²) in [6, 6.07) is 7.84. The van der Waals surface area contributed by atoms with Crippen molar-refractivity contribution in [1.29, 1.82) is 0 Å². The predicted octanol–water partition coefficient (Wildman–Crippen LogP) is 3.61. The zero-order chi connectivity index (χ0) is 20.9. The molecule has 2 aromatic rings. The monoisotopic (exact) mass is 414 g/mol. The van der Waals surface area contributed by atoms with Crippen LogP contribution in [0.1, 0.15) is 18.4 Å². The molecule has 3 rings (SSSR count). The van der Waals surface area contributed by atoms with Gasteiger partial charge in [0.25, 0.3) is 0 Å². The van der Waals surface area contributed by atoms with Gasteiger partial charge in [-0.05, 0) is 43.5 Å². The van der Waals surface area contributed by atoms with E-state index in [0.29, 0.717) is 0 Å². The maximum absolute atomic E-state index is 5.98. The van der Waals surface area contributed by atoms with E-state index in [1.165, 1.54) is 36.7 Å². The third-order valence-electron chi connectivity index (χ3n) is 5.97. The van der Waals surface area contributed by atoms with Gasteiger partial charge in [0.05, 0.1) is 6.54 Å². The fourth-order valence-corrected chi connectivity index (χ4v) is 5.28. The maximum Gasteiger partial charge on any atom is 0.243 e. The molecule has 29 heavy (non-hydrogen) atoms. The van der Waals surface area contributed by atoms with Crippen molar-refractivity contribution in [3.63, 3.8) is 0 Å². The van der Waals surface area contributed by atoms with Crippen LogP contribution in [-0.2, 0) is 13.1 Å². The molecule has 5 nitrogen and oxygen atoms in total. The number of aryl methyl sites for hydroxylation is 2. The van der Waals surface area contributed by atoms with Crippen molar-refractivity contribution >= 4 is 19.4 Å². The summed E-state index contributed by atoms with van der Waals surface area (Å²) in [5.74, 6) is 0. The van der Waals surface area contributed by atoms with Crippen LogP contribution in [0.3, 0.4) is 0 Å². The largest absolute Gasteiger partial charge is 0.399 e. The molecule has 0 radical (unpaired) electrons. The molecule has 1 saturated heterocycles. The minimum atomic E-state index is -0.920. The van der Waals surface area contributed by atoms with Gasteiger partial charge in [-0.15, -0.1) is 0 Å². The van der Waals surface area contributed by atoms with Crippen LogP contribution >= 0.6 is 0 Å². The summed E-state index contributed by atoms with van der Waals surface area (Å²) in [6.07, 6.45) is 9.27. The Morgan fingerprint density at radius 1 is 1.07 bits per heavy atom. The molecule has 160 valence electrons. The van der Waals surface area contributed by atoms with Crippen LogP contribution in [0.15, 0.2) is 36.9 Å². The van der Waals surface area contributed by atoms with Crippen LogP contribution in [0.4, 0.5) is 11.4 Å². The number of nitrogens with zero attached hydrogens (tertiary/aromatic N) is 4. The number of benzene rings is 1. The van der Waals surface area contributed by atoms with Gasteiger partial charge in [-0.2, -0.15) is 0 Å². The maximum atomic E-state index is 5.98. The Morgan fingerprint density at radius 3 is 2.66 bits per heavy atom. The average molecular weight is 415 g/mol. The SMILES string of the molecule is Cc1cc(N2CCCN(CCn3cc[n+](CCC[Si](C)(C)C)c3)CC2)ccc1N. The third-order valence-corrected chi connectivity index (χ3v) is 7.82. The number of anilines is 2. The molecule has 2 N–H and O–H groups in total. The molecule has 0 unspecified atom stereocenters. The smallest absolute Gasteiger partial charge is 0.243 e. The van der Waals surface area contributed by atoms with Crippen LogP contribution in [0.5, 0.6) is 0 Å². The van der Waals surface area contributed by atoms with Crippen molar-refractivity contribution in [1.82, 2.24) is 9.47 Å². The summed E-state index contributed by atoms with van der Waals surface area (Å²) in [7, 11) is -0.920. The third kappa shape index (κ3) is 6.89. The highest BCUT2D eigenvalue weighted by Gasteiger charge is 2.17. The van der Waals surface area contributed by atoms with Crippen molar-refractivity contribution in [2.75, 3.05) is 43.4 Å². The zero-order valence-electron chi connectivity index (χ0n) is 18.9. The molecule has 1 fully saturated rings. The molecule has 0 atom stereocenters. The number of hydrogen-bond acceptors (Lipinski definition) is 3. The Labute approximate surface area is 178 Å². The van der Waals surface area contributed by atoms with Gasteiger partial charge < -0.3 is 10.6 Å². The van der Waals surface area contributed by atoms with E-state index in [-0.39, 0.29) is 0 Å². The van der Waals surface area contributed by atoms with Crippen LogP contribution in [-0.4, -0.2) is 50.3 Å². The van der Waals surface area contributed by atoms with Gasteiger partial charge in [0.2, 0.25) is 6.33 Å². The number of nitrogen functional groups attached to an aromatic ring is 1. The molecule has 0 amide bonds. The highest BCUT2D eigenvalue weighted by atomic mass is 28.3. The summed E-state index contributed by atoms with van der Waals surface area (Å²) in [6.45, 7) is 17.3. The van der Waals surface area contributed by atoms with E-state index in [9.17, 15) is 0 Å². The molecular formula is C23H40N5Si+. The molecule has 6 heteroatoms. The van der Waals surface area contributed by atoms with Gasteiger partial charge in [-0.1, -0.05) is 25.7 Å². The van der Waals surface area contributed by atoms with Gasteiger partial charge >= 0.3 is 0 Å². The van der Waals surface area contributed by atoms with E-state index in [4.69, 9.17) is 5.73 Å². The zero-order valence-corrected chi connectivity index (χ0v) is 19.9. The number of hydrogen-bond donors (Lipinski definition) is 1. The van der Waals surface area contributed by atoms with Crippen molar-refractivity contribution < 1.29 is 4.57 Å². The summed E-state index contributed by atoms with van der Waals surface area (Å²) < 4.78 is 4.70. The highest BCUT2D eigenvalue weighted by molar-refractivity contribution is 6.76. The first-order valence-corrected chi connectivity index (χ1v) is 14.9. The molecule has 0 spiro atoms. The lowest BCUT2D eigenvalue weighted by Gasteiger charge is -2.24. The lowest BCUT2D eigenvalue weighted by molar-refractivity contribution is -0.696. The fourth-order valence-electron chi connectivity index (χ4n) is 4.06. The fraction of sp³-hybridized carbons (Fsp3) is 0.609. The van der Waals surface area contributed by atoms with E-state index in [1.807, 2.05) is 6.07 Å². The van der Waals surface area contributed by atoms with Gasteiger partial charge in [0, 0.05) is 52.2 Å². The topological polar surface area (TPSA) is 41.3 Å². The van der Waals surface area contributed by atoms with E-state index < -0.39 is 8.07 Å². The Hall–Kier alpha value is -1.79. The van der Waals surface area contributed by atoms with Gasteiger partial charge in [0.15, 0.2) is 0 Å². The van der Waals surface area contributed by atoms with Crippen molar-refractivity contribution in [2.24, 2.45) is 0 Å². The molecule has 1 aliphatic heterocycles. The Morgan fingerprint density at radius 2 is 1.90 bits per heavy atom. The second-order valence-electron chi connectivity index (χ2n) is 9.78. The lowest BCUT2D eigenvalue weighted by atomic mass is 10.1. The van der Waals surface area contributed by atoms with Gasteiger partial charge in [0.1, 0.15) is 18.9 Å². The second kappa shape index (κ2) is 9.81. The minimum Gasteiger partial charge on any atom is -0.399 e. The number of rotatable bonds is 8. The Kier molecular flexibility index (Phi) is 7.41. The van der Waals surface area contributed by atoms with Gasteiger partial charge in [-0.25, -0.2) is 9.13 Å². The van der Waals surface area contributed by atoms with Crippen LogP contribution in [0.25, 0.3) is 0 Å². The quantitative estimate of drug-likeness (QED) is 0.408. The van der Waals surface area contributed by atoms with Crippen LogP contribution in [0, 0.1) is 6.92 Å². The first-order valence-electron chi connectivity index (χ1n) is 11.2. The summed E-state index contributed by atoms with van der Waals surface area (Å²) in [4.78, 5) is 5.12. The van der Waals surface area contributed by atoms with Crippen LogP contribution in [0.2, 0.25) is 25.7 Å². The number of imidazole rings is 1. The average Bonchev–Trinajstić information content (AvgIpc) is 2.97. The van der Waals surface area contributed by atoms with E-state index in [2.05, 4.69) is 76.4 Å². The molecule has 0 aliphatic carbocycles. The standard InChI is InChI=1S/C23H40N5Si/c1-21-19-22(7-8-23(21)24)28-11-5-9-25(16-17-28)12-13-27-15-14-26(20-27)10-6-18-29(2,3)4/h7-8,14-15,19-20H,5-6,9-13,16-18,24H2,1-4H3/q+1. The van der Waals surface area contributed by atoms with Crippen molar-refractivity contribution in [3.05, 3.63) is 42.5 Å². The van der Waals surface area contributed by atoms with Crippen molar-refractivity contribution in [3.8, 4) is 0 Å². The Bertz CT molecular complexity index is 780. The van der Waals surface area contributed by atoms with E-state index in [0.717, 1.165) is 45.0 Å². The molecule has 0 saturated carbocycles. The van der Waals surface area contributed by atoms with E-state index in [1.54, 1.807) is 0 Å². The molecule has 2 heterocycles. The first-order chi connectivity index (χ1) is 13.8.